The first-order chi connectivity index (χ1) is 12.6. The normalized spacial score (nSPS) is 18.3. The first-order valence-electron chi connectivity index (χ1n) is 8.58. The number of carbonyl (C=O) groups is 1. The number of aromatic nitrogens is 4. The monoisotopic (exact) mass is 358 g/mol. The highest BCUT2D eigenvalue weighted by atomic mass is 19.1. The summed E-state index contributed by atoms with van der Waals surface area (Å²) in [5, 5.41) is 6.35. The zero-order valence-electron chi connectivity index (χ0n) is 14.3. The summed E-state index contributed by atoms with van der Waals surface area (Å²) in [5.74, 6) is 0.522. The van der Waals surface area contributed by atoms with E-state index in [0.29, 0.717) is 17.9 Å². The van der Waals surface area contributed by atoms with Crippen molar-refractivity contribution < 1.29 is 13.7 Å². The number of amides is 1. The summed E-state index contributed by atoms with van der Waals surface area (Å²) in [6, 6.07) is 4.59. The maximum atomic E-state index is 13.4. The van der Waals surface area contributed by atoms with Crippen LogP contribution in [0.2, 0.25) is 0 Å². The lowest BCUT2D eigenvalue weighted by Gasteiger charge is -2.33. The van der Waals surface area contributed by atoms with Crippen molar-refractivity contribution in [1.82, 2.24) is 30.3 Å². The van der Waals surface area contributed by atoms with Crippen molar-refractivity contribution in [3.05, 3.63) is 41.6 Å². The number of imidazole rings is 1. The first kappa shape index (κ1) is 16.6. The van der Waals surface area contributed by atoms with Crippen LogP contribution >= 0.6 is 0 Å². The molecule has 0 saturated carbocycles. The molecule has 0 unspecified atom stereocenters. The van der Waals surface area contributed by atoms with Crippen molar-refractivity contribution in [2.45, 2.75) is 31.8 Å². The lowest BCUT2D eigenvalue weighted by atomic mass is 10.0. The Bertz CT molecular complexity index is 936. The highest BCUT2D eigenvalue weighted by Gasteiger charge is 2.28. The molecule has 3 heterocycles. The lowest BCUT2D eigenvalue weighted by Crippen LogP contribution is -2.34. The Hall–Kier alpha value is -2.81. The molecule has 1 aliphatic heterocycles. The van der Waals surface area contributed by atoms with Crippen molar-refractivity contribution >= 4 is 16.9 Å². The van der Waals surface area contributed by atoms with E-state index >= 15 is 0 Å². The van der Waals surface area contributed by atoms with Gasteiger partial charge in [0.2, 0.25) is 0 Å². The van der Waals surface area contributed by atoms with Gasteiger partial charge in [0.15, 0.2) is 5.82 Å². The number of piperidine rings is 1. The second-order valence-electron chi connectivity index (χ2n) is 6.36. The Kier molecular flexibility index (Phi) is 4.37. The van der Waals surface area contributed by atoms with Gasteiger partial charge < -0.3 is 14.8 Å². The quantitative estimate of drug-likeness (QED) is 0.741. The van der Waals surface area contributed by atoms with E-state index in [2.05, 4.69) is 30.3 Å². The number of benzene rings is 1. The van der Waals surface area contributed by atoms with Gasteiger partial charge in [0, 0.05) is 7.05 Å². The van der Waals surface area contributed by atoms with Crippen LogP contribution in [-0.4, -0.2) is 44.5 Å². The van der Waals surface area contributed by atoms with E-state index in [-0.39, 0.29) is 17.7 Å². The number of rotatable bonds is 4. The molecule has 3 aromatic rings. The number of likely N-dealkylation sites (tertiary alicyclic amines) is 1. The van der Waals surface area contributed by atoms with Crippen molar-refractivity contribution in [3.63, 3.8) is 0 Å². The predicted molar refractivity (Wildman–Crippen MR) is 90.7 cm³/mol. The number of aromatic amines is 1. The van der Waals surface area contributed by atoms with Gasteiger partial charge in [-0.2, -0.15) is 4.98 Å². The van der Waals surface area contributed by atoms with E-state index in [1.165, 1.54) is 19.2 Å². The summed E-state index contributed by atoms with van der Waals surface area (Å²) in [6.45, 7) is 1.32. The van der Waals surface area contributed by atoms with Gasteiger partial charge in [0.1, 0.15) is 11.6 Å². The van der Waals surface area contributed by atoms with Crippen LogP contribution in [0.4, 0.5) is 4.39 Å². The Morgan fingerprint density at radius 1 is 1.42 bits per heavy atom. The lowest BCUT2D eigenvalue weighted by molar-refractivity contribution is 0.0919. The van der Waals surface area contributed by atoms with Gasteiger partial charge in [-0.05, 0) is 37.6 Å². The maximum absolute atomic E-state index is 13.4. The number of halogens is 1. The highest BCUT2D eigenvalue weighted by molar-refractivity contribution is 5.89. The summed E-state index contributed by atoms with van der Waals surface area (Å²) in [6.07, 6.45) is 3.08. The largest absolute Gasteiger partial charge is 0.351 e. The van der Waals surface area contributed by atoms with E-state index in [9.17, 15) is 9.18 Å². The van der Waals surface area contributed by atoms with Gasteiger partial charge in [-0.25, -0.2) is 9.37 Å². The van der Waals surface area contributed by atoms with E-state index < -0.39 is 5.91 Å². The molecule has 4 rings (SSSR count). The van der Waals surface area contributed by atoms with E-state index in [1.807, 2.05) is 0 Å². The summed E-state index contributed by atoms with van der Waals surface area (Å²) in [5.41, 5.74) is 1.43. The summed E-state index contributed by atoms with van der Waals surface area (Å²) in [4.78, 5) is 25.8. The Morgan fingerprint density at radius 3 is 3.15 bits per heavy atom. The van der Waals surface area contributed by atoms with Crippen LogP contribution in [-0.2, 0) is 6.54 Å². The van der Waals surface area contributed by atoms with Crippen LogP contribution in [0, 0.1) is 5.82 Å². The zero-order valence-corrected chi connectivity index (χ0v) is 14.3. The standard InChI is InChI=1S/C17H19FN6O2/c1-19-16(25)17-22-14(23-26-17)9-24-7-3-2-4-13(24)15-20-11-6-5-10(18)8-12(11)21-15/h5-6,8,13H,2-4,7,9H2,1H3,(H,19,25)(H,20,21)/t13-/m0/s1. The number of carbonyl (C=O) groups excluding carboxylic acids is 1. The molecule has 0 radical (unpaired) electrons. The Labute approximate surface area is 148 Å². The predicted octanol–water partition coefficient (Wildman–Crippen LogP) is 2.17. The Balaban J connectivity index is 1.57. The fourth-order valence-electron chi connectivity index (χ4n) is 3.35. The second kappa shape index (κ2) is 6.83. The number of hydrogen-bond acceptors (Lipinski definition) is 6. The molecule has 1 atom stereocenters. The van der Waals surface area contributed by atoms with E-state index in [4.69, 9.17) is 4.52 Å². The molecule has 1 saturated heterocycles. The minimum Gasteiger partial charge on any atom is -0.351 e. The molecule has 0 bridgehead atoms. The molecule has 1 fully saturated rings. The second-order valence-corrected chi connectivity index (χ2v) is 6.36. The fraction of sp³-hybridized carbons (Fsp3) is 0.412. The molecule has 1 aliphatic rings. The van der Waals surface area contributed by atoms with Gasteiger partial charge in [-0.3, -0.25) is 9.69 Å². The smallest absolute Gasteiger partial charge is 0.315 e. The van der Waals surface area contributed by atoms with Gasteiger partial charge >= 0.3 is 11.8 Å². The summed E-state index contributed by atoms with van der Waals surface area (Å²) < 4.78 is 18.4. The minimum atomic E-state index is -0.404. The molecule has 1 aromatic carbocycles. The van der Waals surface area contributed by atoms with Gasteiger partial charge in [0.25, 0.3) is 0 Å². The van der Waals surface area contributed by atoms with E-state index in [1.54, 1.807) is 6.07 Å². The van der Waals surface area contributed by atoms with Gasteiger partial charge in [-0.1, -0.05) is 11.6 Å². The van der Waals surface area contributed by atoms with Crippen molar-refractivity contribution in [3.8, 4) is 0 Å². The third kappa shape index (κ3) is 3.17. The molecule has 8 nitrogen and oxygen atoms in total. The van der Waals surface area contributed by atoms with Crippen molar-refractivity contribution in [1.29, 1.82) is 0 Å². The molecule has 1 amide bonds. The zero-order chi connectivity index (χ0) is 18.1. The molecule has 0 spiro atoms. The first-order valence-corrected chi connectivity index (χ1v) is 8.58. The number of nitrogens with one attached hydrogen (secondary N) is 2. The molecule has 2 N–H and O–H groups in total. The molecule has 2 aromatic heterocycles. The molecule has 0 aliphatic carbocycles. The minimum absolute atomic E-state index is 0.0460. The van der Waals surface area contributed by atoms with Crippen LogP contribution in [0.5, 0.6) is 0 Å². The molecule has 9 heteroatoms. The van der Waals surface area contributed by atoms with Crippen LogP contribution in [0.15, 0.2) is 22.7 Å². The number of hydrogen-bond donors (Lipinski definition) is 2. The maximum Gasteiger partial charge on any atom is 0.315 e. The highest BCUT2D eigenvalue weighted by Crippen LogP contribution is 2.31. The van der Waals surface area contributed by atoms with Crippen molar-refractivity contribution in [2.24, 2.45) is 0 Å². The number of nitrogens with zero attached hydrogens (tertiary/aromatic N) is 4. The number of H-pyrrole nitrogens is 1. The summed E-state index contributed by atoms with van der Waals surface area (Å²) in [7, 11) is 1.51. The van der Waals surface area contributed by atoms with Crippen LogP contribution < -0.4 is 5.32 Å². The van der Waals surface area contributed by atoms with Gasteiger partial charge in [-0.15, -0.1) is 0 Å². The van der Waals surface area contributed by atoms with Gasteiger partial charge in [0.05, 0.1) is 23.6 Å². The van der Waals surface area contributed by atoms with E-state index in [0.717, 1.165) is 37.1 Å². The number of fused-ring (bicyclic) bond motifs is 1. The average molecular weight is 358 g/mol. The van der Waals surface area contributed by atoms with Crippen LogP contribution in [0.1, 0.15) is 47.6 Å². The van der Waals surface area contributed by atoms with Crippen LogP contribution in [0.3, 0.4) is 0 Å². The fourth-order valence-corrected chi connectivity index (χ4v) is 3.35. The van der Waals surface area contributed by atoms with Crippen LogP contribution in [0.25, 0.3) is 11.0 Å². The topological polar surface area (TPSA) is 99.9 Å². The molecule has 136 valence electrons. The summed E-state index contributed by atoms with van der Waals surface area (Å²) >= 11 is 0. The average Bonchev–Trinajstić information content (AvgIpc) is 3.28. The third-order valence-electron chi connectivity index (χ3n) is 4.63. The van der Waals surface area contributed by atoms with Crippen molar-refractivity contribution in [2.75, 3.05) is 13.6 Å². The molecular weight excluding hydrogens is 339 g/mol. The Morgan fingerprint density at radius 2 is 2.31 bits per heavy atom. The molecule has 26 heavy (non-hydrogen) atoms. The third-order valence-corrected chi connectivity index (χ3v) is 4.63. The SMILES string of the molecule is CNC(=O)c1nc(CN2CCCC[C@H]2c2nc3ccc(F)cc3[nH]2)no1. The molecular formula is C17H19FN6O2.